The lowest BCUT2D eigenvalue weighted by atomic mass is 9.90. The second-order valence-electron chi connectivity index (χ2n) is 9.61. The van der Waals surface area contributed by atoms with Crippen LogP contribution in [-0.4, -0.2) is 28.7 Å². The van der Waals surface area contributed by atoms with Crippen LogP contribution in [-0.2, 0) is 24.3 Å². The quantitative estimate of drug-likeness (QED) is 0.204. The summed E-state index contributed by atoms with van der Waals surface area (Å²) < 4.78 is 13.2. The number of esters is 1. The Hall–Kier alpha value is -5.35. The average Bonchev–Trinajstić information content (AvgIpc) is 3.36. The maximum atomic E-state index is 13.4. The highest BCUT2D eigenvalue weighted by Crippen LogP contribution is 2.34. The molecular weight excluding hydrogens is 516 g/mol. The maximum absolute atomic E-state index is 13.4. The van der Waals surface area contributed by atoms with E-state index in [1.807, 2.05) is 49.4 Å². The molecule has 1 N–H and O–H groups in total. The van der Waals surface area contributed by atoms with E-state index in [1.165, 1.54) is 7.11 Å². The van der Waals surface area contributed by atoms with Crippen molar-refractivity contribution in [3.05, 3.63) is 125 Å². The van der Waals surface area contributed by atoms with E-state index in [9.17, 15) is 20.0 Å². The maximum Gasteiger partial charge on any atom is 0.339 e. The van der Waals surface area contributed by atoms with Gasteiger partial charge in [-0.1, -0.05) is 42.5 Å². The number of ether oxygens (including phenoxy) is 2. The number of fused-ring (bicyclic) bond motifs is 1. The van der Waals surface area contributed by atoms with Crippen molar-refractivity contribution in [1.82, 2.24) is 4.57 Å². The summed E-state index contributed by atoms with van der Waals surface area (Å²) in [5.74, 6) is -1.12. The number of hydrogen-bond donors (Lipinski definition) is 1. The first-order valence-electron chi connectivity index (χ1n) is 13.2. The molecule has 0 aliphatic carbocycles. The summed E-state index contributed by atoms with van der Waals surface area (Å²) in [5, 5.41) is 20.2. The van der Waals surface area contributed by atoms with Gasteiger partial charge in [0.15, 0.2) is 0 Å². The Kier molecular flexibility index (Phi) is 7.84. The minimum atomic E-state index is -1.06. The zero-order valence-corrected chi connectivity index (χ0v) is 22.8. The second-order valence-corrected chi connectivity index (χ2v) is 9.61. The minimum Gasteiger partial charge on any atom is -0.497 e. The number of aromatic carboxylic acids is 1. The van der Waals surface area contributed by atoms with Crippen molar-refractivity contribution in [3.8, 4) is 22.9 Å². The molecule has 1 heterocycles. The molecule has 4 aromatic carbocycles. The van der Waals surface area contributed by atoms with Crippen LogP contribution in [0.3, 0.4) is 0 Å². The first-order valence-corrected chi connectivity index (χ1v) is 13.2. The Morgan fingerprint density at radius 2 is 1.73 bits per heavy atom. The average molecular weight is 545 g/mol. The number of carbonyl (C=O) groups excluding carboxylic acids is 1. The van der Waals surface area contributed by atoms with Gasteiger partial charge in [-0.2, -0.15) is 5.26 Å². The lowest BCUT2D eigenvalue weighted by molar-refractivity contribution is 0.0473. The number of aryl methyl sites for hydroxylation is 1. The Morgan fingerprint density at radius 1 is 0.927 bits per heavy atom. The summed E-state index contributed by atoms with van der Waals surface area (Å²) in [6.07, 6.45) is 2.54. The number of carbonyl (C=O) groups is 2. The van der Waals surface area contributed by atoms with Crippen LogP contribution >= 0.6 is 0 Å². The summed E-state index contributed by atoms with van der Waals surface area (Å²) in [6, 6.07) is 27.3. The zero-order chi connectivity index (χ0) is 28.9. The van der Waals surface area contributed by atoms with E-state index >= 15 is 0 Å². The highest BCUT2D eigenvalue weighted by atomic mass is 16.5. The zero-order valence-electron chi connectivity index (χ0n) is 22.8. The number of hydrogen-bond acceptors (Lipinski definition) is 5. The third-order valence-corrected chi connectivity index (χ3v) is 7.12. The first kappa shape index (κ1) is 27.2. The van der Waals surface area contributed by atoms with E-state index in [-0.39, 0.29) is 17.7 Å². The van der Waals surface area contributed by atoms with Crippen LogP contribution in [0.25, 0.3) is 22.0 Å². The molecule has 7 nitrogen and oxygen atoms in total. The Morgan fingerprint density at radius 3 is 2.44 bits per heavy atom. The standard InChI is InChI=1S/C34H28N2O5/c1-3-36-20-26(28-13-9-23(19-35)15-32(28)36)16-24-10-11-25(33(37)38)17-30(24)29-14-12-27(40-2)18-31(29)34(39)41-21-22-7-5-4-6-8-22/h4-15,17-18,20H,3,16,21H2,1-2H3,(H,37,38). The third-order valence-electron chi connectivity index (χ3n) is 7.12. The summed E-state index contributed by atoms with van der Waals surface area (Å²) in [7, 11) is 1.52. The predicted octanol–water partition coefficient (Wildman–Crippen LogP) is 6.85. The van der Waals surface area contributed by atoms with Gasteiger partial charge in [0.25, 0.3) is 0 Å². The van der Waals surface area contributed by atoms with Gasteiger partial charge in [-0.3, -0.25) is 0 Å². The van der Waals surface area contributed by atoms with Crippen LogP contribution in [0.15, 0.2) is 91.1 Å². The molecule has 0 atom stereocenters. The molecule has 41 heavy (non-hydrogen) atoms. The molecule has 204 valence electrons. The molecule has 0 unspecified atom stereocenters. The molecule has 0 aliphatic heterocycles. The summed E-state index contributed by atoms with van der Waals surface area (Å²) >= 11 is 0. The first-order chi connectivity index (χ1) is 19.9. The number of benzene rings is 4. The smallest absolute Gasteiger partial charge is 0.339 e. The summed E-state index contributed by atoms with van der Waals surface area (Å²) in [4.78, 5) is 25.4. The second kappa shape index (κ2) is 11.8. The summed E-state index contributed by atoms with van der Waals surface area (Å²) in [5.41, 5.74) is 5.81. The van der Waals surface area contributed by atoms with E-state index in [2.05, 4.69) is 16.8 Å². The van der Waals surface area contributed by atoms with Gasteiger partial charge in [0.1, 0.15) is 12.4 Å². The van der Waals surface area contributed by atoms with Crippen molar-refractivity contribution in [2.24, 2.45) is 0 Å². The molecule has 0 saturated carbocycles. The fraction of sp³-hybridized carbons (Fsp3) is 0.147. The van der Waals surface area contributed by atoms with Crippen molar-refractivity contribution >= 4 is 22.8 Å². The van der Waals surface area contributed by atoms with Gasteiger partial charge in [0, 0.05) is 30.1 Å². The van der Waals surface area contributed by atoms with Crippen molar-refractivity contribution in [2.75, 3.05) is 7.11 Å². The minimum absolute atomic E-state index is 0.0968. The SMILES string of the molecule is CCn1cc(Cc2ccc(C(=O)O)cc2-c2ccc(OC)cc2C(=O)OCc2ccccc2)c2ccc(C#N)cc21. The number of carboxylic acids is 1. The number of aromatic nitrogens is 1. The molecule has 5 rings (SSSR count). The fourth-order valence-electron chi connectivity index (χ4n) is 5.01. The highest BCUT2D eigenvalue weighted by molar-refractivity contribution is 5.99. The summed E-state index contributed by atoms with van der Waals surface area (Å²) in [6.45, 7) is 2.87. The molecule has 7 heteroatoms. The molecule has 5 aromatic rings. The van der Waals surface area contributed by atoms with Gasteiger partial charge in [0.05, 0.1) is 29.9 Å². The van der Waals surface area contributed by atoms with E-state index in [4.69, 9.17) is 9.47 Å². The van der Waals surface area contributed by atoms with Gasteiger partial charge in [-0.05, 0) is 77.2 Å². The molecule has 0 fully saturated rings. The number of nitrogens with zero attached hydrogens (tertiary/aromatic N) is 2. The van der Waals surface area contributed by atoms with Crippen LogP contribution < -0.4 is 4.74 Å². The van der Waals surface area contributed by atoms with Gasteiger partial charge >= 0.3 is 11.9 Å². The van der Waals surface area contributed by atoms with Crippen LogP contribution in [0.5, 0.6) is 5.75 Å². The van der Waals surface area contributed by atoms with Crippen LogP contribution in [0.2, 0.25) is 0 Å². The van der Waals surface area contributed by atoms with E-state index < -0.39 is 11.9 Å². The number of carboxylic acid groups (broad SMARTS) is 1. The Labute approximate surface area is 237 Å². The molecule has 0 spiro atoms. The van der Waals surface area contributed by atoms with Crippen molar-refractivity contribution in [3.63, 3.8) is 0 Å². The number of rotatable bonds is 9. The Bertz CT molecular complexity index is 1800. The lowest BCUT2D eigenvalue weighted by Gasteiger charge is -2.16. The molecule has 1 aromatic heterocycles. The molecular formula is C34H28N2O5. The third kappa shape index (κ3) is 5.68. The molecule has 0 radical (unpaired) electrons. The topological polar surface area (TPSA) is 102 Å². The van der Waals surface area contributed by atoms with E-state index in [0.717, 1.165) is 34.1 Å². The number of methoxy groups -OCH3 is 1. The van der Waals surface area contributed by atoms with E-state index in [1.54, 1.807) is 42.5 Å². The lowest BCUT2D eigenvalue weighted by Crippen LogP contribution is -2.09. The molecule has 0 saturated heterocycles. The monoisotopic (exact) mass is 544 g/mol. The highest BCUT2D eigenvalue weighted by Gasteiger charge is 2.21. The molecule has 0 amide bonds. The predicted molar refractivity (Wildman–Crippen MR) is 156 cm³/mol. The Balaban J connectivity index is 1.61. The van der Waals surface area contributed by atoms with E-state index in [0.29, 0.717) is 28.9 Å². The van der Waals surface area contributed by atoms with Gasteiger partial charge in [-0.15, -0.1) is 0 Å². The van der Waals surface area contributed by atoms with Crippen molar-refractivity contribution in [1.29, 1.82) is 5.26 Å². The molecule has 0 bridgehead atoms. The van der Waals surface area contributed by atoms with Gasteiger partial charge in [0.2, 0.25) is 0 Å². The number of nitriles is 1. The van der Waals surface area contributed by atoms with Crippen molar-refractivity contribution < 1.29 is 24.2 Å². The molecule has 0 aliphatic rings. The van der Waals surface area contributed by atoms with Gasteiger partial charge < -0.3 is 19.1 Å². The van der Waals surface area contributed by atoms with Crippen LogP contribution in [0.4, 0.5) is 0 Å². The fourth-order valence-corrected chi connectivity index (χ4v) is 5.01. The normalized spacial score (nSPS) is 10.8. The van der Waals surface area contributed by atoms with Crippen LogP contribution in [0, 0.1) is 11.3 Å². The largest absolute Gasteiger partial charge is 0.497 e. The van der Waals surface area contributed by atoms with Gasteiger partial charge in [-0.25, -0.2) is 9.59 Å². The van der Waals surface area contributed by atoms with Crippen molar-refractivity contribution in [2.45, 2.75) is 26.5 Å². The van der Waals surface area contributed by atoms with Crippen LogP contribution in [0.1, 0.15) is 49.9 Å².